The van der Waals surface area contributed by atoms with Crippen molar-refractivity contribution in [1.82, 2.24) is 0 Å². The van der Waals surface area contributed by atoms with Crippen LogP contribution in [0.4, 0.5) is 4.70 Å². The van der Waals surface area contributed by atoms with Gasteiger partial charge in [0.1, 0.15) is 0 Å². The van der Waals surface area contributed by atoms with Crippen molar-refractivity contribution in [2.45, 2.75) is 0 Å². The van der Waals surface area contributed by atoms with E-state index in [1.54, 1.807) is 0 Å². The molecule has 4 heavy (non-hydrogen) atoms. The van der Waals surface area contributed by atoms with E-state index in [0.717, 1.165) is 0 Å². The molecule has 0 rings (SSSR count). The van der Waals surface area contributed by atoms with Crippen molar-refractivity contribution in [3.63, 3.8) is 0 Å². The standard InChI is InChI=1S/FH.K.H2O2.H/c;;1-2;/h1H;;1-2H;/q;+1;;-1. The van der Waals surface area contributed by atoms with Crippen molar-refractivity contribution in [3.05, 3.63) is 0 Å². The second-order valence-corrected chi connectivity index (χ2v) is 0. The van der Waals surface area contributed by atoms with Crippen LogP contribution in [0.15, 0.2) is 0 Å². The molecule has 4 heteroatoms. The second-order valence-electron chi connectivity index (χ2n) is 0. The average Bonchev–Trinajstić information content (AvgIpc) is 1.00. The number of halogens is 1. The summed E-state index contributed by atoms with van der Waals surface area (Å²) < 4.78 is 0. The van der Waals surface area contributed by atoms with Crippen molar-refractivity contribution in [2.24, 2.45) is 0 Å². The molecule has 0 atom stereocenters. The van der Waals surface area contributed by atoms with E-state index < -0.39 is 0 Å². The first-order valence-corrected chi connectivity index (χ1v) is 0.200. The third-order valence-corrected chi connectivity index (χ3v) is 0. The Balaban J connectivity index is -0.00000000167. The van der Waals surface area contributed by atoms with Gasteiger partial charge in [0.05, 0.1) is 0 Å². The molecule has 2 nitrogen and oxygen atoms in total. The summed E-state index contributed by atoms with van der Waals surface area (Å²) in [6.45, 7) is 0. The number of hydrogen-bond donors (Lipinski definition) is 2. The van der Waals surface area contributed by atoms with Crippen LogP contribution >= 0.6 is 0 Å². The molecule has 0 aromatic rings. The molecule has 0 unspecified atom stereocenters. The van der Waals surface area contributed by atoms with Gasteiger partial charge >= 0.3 is 51.4 Å². The minimum atomic E-state index is 0. The molecule has 0 amide bonds. The molecule has 0 aliphatic heterocycles. The fourth-order valence-electron chi connectivity index (χ4n) is 0. The van der Waals surface area contributed by atoms with Crippen molar-refractivity contribution >= 4 is 0 Å². The Morgan fingerprint density at radius 1 is 1.25 bits per heavy atom. The first kappa shape index (κ1) is 17.9. The zero-order chi connectivity index (χ0) is 2.00. The Bertz CT molecular complexity index is 9.61. The van der Waals surface area contributed by atoms with E-state index in [4.69, 9.17) is 10.5 Å². The maximum Gasteiger partial charge on any atom is 1.00 e. The molecular weight excluding hydrogens is 90.1 g/mol. The minimum Gasteiger partial charge on any atom is -1.00 e. The quantitative estimate of drug-likeness (QED) is 0.195. The van der Waals surface area contributed by atoms with Gasteiger partial charge in [-0.3, -0.25) is 15.2 Å². The fraction of sp³-hybridized carbons (Fsp3) is 0. The molecule has 0 heterocycles. The van der Waals surface area contributed by atoms with Crippen molar-refractivity contribution in [3.8, 4) is 0 Å². The summed E-state index contributed by atoms with van der Waals surface area (Å²) in [5, 5.41) is 12.0. The molecule has 0 saturated carbocycles. The van der Waals surface area contributed by atoms with Crippen LogP contribution in [0, 0.1) is 0 Å². The molecule has 0 aliphatic rings. The van der Waals surface area contributed by atoms with Crippen LogP contribution in [0.2, 0.25) is 0 Å². The second kappa shape index (κ2) is 24.7. The van der Waals surface area contributed by atoms with Crippen LogP contribution in [-0.4, -0.2) is 10.5 Å². The smallest absolute Gasteiger partial charge is 1.00 e. The van der Waals surface area contributed by atoms with Crippen LogP contribution < -0.4 is 51.4 Å². The van der Waals surface area contributed by atoms with Gasteiger partial charge < -0.3 is 1.43 Å². The first-order chi connectivity index (χ1) is 1.00. The van der Waals surface area contributed by atoms with Gasteiger partial charge in [-0.15, -0.1) is 0 Å². The van der Waals surface area contributed by atoms with Crippen LogP contribution in [0.5, 0.6) is 0 Å². The van der Waals surface area contributed by atoms with E-state index in [1.165, 1.54) is 0 Å². The van der Waals surface area contributed by atoms with Gasteiger partial charge in [-0.05, 0) is 0 Å². The van der Waals surface area contributed by atoms with Gasteiger partial charge in [0.25, 0.3) is 0 Å². The van der Waals surface area contributed by atoms with Gasteiger partial charge in [-0.25, -0.2) is 0 Å². The molecular formula is H4FKO2. The van der Waals surface area contributed by atoms with Gasteiger partial charge in [-0.1, -0.05) is 0 Å². The normalized spacial score (nSPS) is 1.50. The minimum absolute atomic E-state index is 0. The van der Waals surface area contributed by atoms with E-state index >= 15 is 0 Å². The zero-order valence-corrected chi connectivity index (χ0v) is 5.43. The Kier molecular flexibility index (Phi) is 110. The summed E-state index contributed by atoms with van der Waals surface area (Å²) >= 11 is 0. The monoisotopic (exact) mass is 94.0 g/mol. The van der Waals surface area contributed by atoms with Crippen molar-refractivity contribution in [1.29, 1.82) is 0 Å². The summed E-state index contributed by atoms with van der Waals surface area (Å²) in [5.41, 5.74) is 0. The largest absolute Gasteiger partial charge is 1.00 e. The summed E-state index contributed by atoms with van der Waals surface area (Å²) in [7, 11) is 0. The van der Waals surface area contributed by atoms with Crippen LogP contribution in [0.3, 0.4) is 0 Å². The summed E-state index contributed by atoms with van der Waals surface area (Å²) in [6.07, 6.45) is 0. The molecule has 0 aromatic heterocycles. The summed E-state index contributed by atoms with van der Waals surface area (Å²) in [6, 6.07) is 0. The van der Waals surface area contributed by atoms with Crippen molar-refractivity contribution < 1.29 is 68.0 Å². The van der Waals surface area contributed by atoms with Gasteiger partial charge in [-0.2, -0.15) is 0 Å². The van der Waals surface area contributed by atoms with E-state index in [-0.39, 0.29) is 57.5 Å². The maximum absolute atomic E-state index is 6.00. The molecule has 0 spiro atoms. The van der Waals surface area contributed by atoms with Gasteiger partial charge in [0.15, 0.2) is 0 Å². The zero-order valence-electron chi connectivity index (χ0n) is 3.30. The first-order valence-electron chi connectivity index (χ1n) is 0.200. The van der Waals surface area contributed by atoms with E-state index in [2.05, 4.69) is 0 Å². The van der Waals surface area contributed by atoms with E-state index in [1.807, 2.05) is 0 Å². The molecule has 0 bridgehead atoms. The van der Waals surface area contributed by atoms with Gasteiger partial charge in [0.2, 0.25) is 0 Å². The predicted octanol–water partition coefficient (Wildman–Crippen LogP) is -2.71. The molecule has 0 fully saturated rings. The molecule has 2 N–H and O–H groups in total. The SMILES string of the molecule is F.OO.[H-].[K+]. The van der Waals surface area contributed by atoms with Crippen LogP contribution in [0.25, 0.3) is 0 Å². The topological polar surface area (TPSA) is 40.5 Å². The molecule has 0 saturated heterocycles. The Labute approximate surface area is 67.0 Å². The summed E-state index contributed by atoms with van der Waals surface area (Å²) in [4.78, 5) is 0. The Hall–Kier alpha value is 1.49. The summed E-state index contributed by atoms with van der Waals surface area (Å²) in [5.74, 6) is 0. The third-order valence-electron chi connectivity index (χ3n) is 0. The Morgan fingerprint density at radius 3 is 1.25 bits per heavy atom. The molecule has 24 valence electrons. The maximum atomic E-state index is 6.00. The average molecular weight is 94.1 g/mol. The van der Waals surface area contributed by atoms with Crippen LogP contribution in [0.1, 0.15) is 1.43 Å². The number of hydrogen-bond acceptors (Lipinski definition) is 2. The Morgan fingerprint density at radius 2 is 1.25 bits per heavy atom. The molecule has 0 radical (unpaired) electrons. The molecule has 0 aliphatic carbocycles. The van der Waals surface area contributed by atoms with E-state index in [0.29, 0.717) is 0 Å². The van der Waals surface area contributed by atoms with E-state index in [9.17, 15) is 0 Å². The third kappa shape index (κ3) is 9.76. The fourth-order valence-corrected chi connectivity index (χ4v) is 0. The van der Waals surface area contributed by atoms with Gasteiger partial charge in [0, 0.05) is 0 Å². The predicted molar refractivity (Wildman–Crippen MR) is 8.87 cm³/mol. The number of rotatable bonds is 0. The molecule has 0 aromatic carbocycles. The van der Waals surface area contributed by atoms with Crippen LogP contribution in [-0.2, 0) is 0 Å². The van der Waals surface area contributed by atoms with Crippen molar-refractivity contribution in [2.75, 3.05) is 0 Å².